The van der Waals surface area contributed by atoms with Crippen molar-refractivity contribution in [1.82, 2.24) is 5.32 Å². The maximum Gasteiger partial charge on any atom is 0.407 e. The molecule has 1 saturated carbocycles. The summed E-state index contributed by atoms with van der Waals surface area (Å²) in [6, 6.07) is 20.3. The SMILES string of the molecule is CC(C)(C)OC(=O)N[C@H]1CC[C@@H](O[Si](c2ccccc2)(c2ccccc2)C(C)(C)C)C[C@H]1F. The van der Waals surface area contributed by atoms with Crippen molar-refractivity contribution in [3.8, 4) is 0 Å². The number of rotatable bonds is 5. The predicted octanol–water partition coefficient (Wildman–Crippen LogP) is 5.35. The molecule has 1 aliphatic carbocycles. The lowest BCUT2D eigenvalue weighted by Crippen LogP contribution is -2.68. The molecule has 3 atom stereocenters. The third-order valence-corrected chi connectivity index (χ3v) is 11.3. The first-order valence-corrected chi connectivity index (χ1v) is 13.8. The van der Waals surface area contributed by atoms with Crippen molar-refractivity contribution in [2.75, 3.05) is 0 Å². The van der Waals surface area contributed by atoms with Gasteiger partial charge in [-0.3, -0.25) is 0 Å². The molecule has 0 unspecified atom stereocenters. The van der Waals surface area contributed by atoms with E-state index in [-0.39, 0.29) is 17.6 Å². The number of amides is 1. The third kappa shape index (κ3) is 6.04. The Hall–Kier alpha value is -2.18. The number of ether oxygens (including phenoxy) is 1. The molecule has 1 fully saturated rings. The van der Waals surface area contributed by atoms with Crippen LogP contribution in [0.1, 0.15) is 60.8 Å². The number of hydrogen-bond acceptors (Lipinski definition) is 3. The van der Waals surface area contributed by atoms with Crippen molar-refractivity contribution in [3.63, 3.8) is 0 Å². The number of benzene rings is 2. The summed E-state index contributed by atoms with van der Waals surface area (Å²) in [6.45, 7) is 12.1. The molecule has 0 radical (unpaired) electrons. The molecule has 2 aromatic rings. The van der Waals surface area contributed by atoms with E-state index in [1.165, 1.54) is 10.4 Å². The van der Waals surface area contributed by atoms with Crippen molar-refractivity contribution < 1.29 is 18.3 Å². The minimum atomic E-state index is -2.73. The number of alkyl halides is 1. The highest BCUT2D eigenvalue weighted by molar-refractivity contribution is 6.99. The summed E-state index contributed by atoms with van der Waals surface area (Å²) in [4.78, 5) is 12.2. The van der Waals surface area contributed by atoms with Crippen LogP contribution in [0.15, 0.2) is 60.7 Å². The molecule has 33 heavy (non-hydrogen) atoms. The highest BCUT2D eigenvalue weighted by atomic mass is 28.4. The molecule has 0 aliphatic heterocycles. The number of carbonyl (C=O) groups excluding carboxylic acids is 1. The van der Waals surface area contributed by atoms with E-state index in [9.17, 15) is 4.79 Å². The van der Waals surface area contributed by atoms with Crippen LogP contribution < -0.4 is 15.7 Å². The van der Waals surface area contributed by atoms with Gasteiger partial charge in [-0.25, -0.2) is 9.18 Å². The Kier molecular flexibility index (Phi) is 7.69. The van der Waals surface area contributed by atoms with Gasteiger partial charge in [-0.2, -0.15) is 0 Å². The second-order valence-electron chi connectivity index (χ2n) is 11.0. The number of carbonyl (C=O) groups is 1. The first kappa shape index (κ1) is 25.4. The highest BCUT2D eigenvalue weighted by Crippen LogP contribution is 2.39. The van der Waals surface area contributed by atoms with Crippen LogP contribution in [0.3, 0.4) is 0 Å². The zero-order chi connectivity index (χ0) is 24.3. The van der Waals surface area contributed by atoms with E-state index in [0.717, 1.165) is 0 Å². The van der Waals surface area contributed by atoms with Crippen molar-refractivity contribution in [2.45, 2.75) is 89.8 Å². The van der Waals surface area contributed by atoms with E-state index in [2.05, 4.69) is 74.6 Å². The van der Waals surface area contributed by atoms with Gasteiger partial charge >= 0.3 is 6.09 Å². The Morgan fingerprint density at radius 1 is 0.909 bits per heavy atom. The zero-order valence-corrected chi connectivity index (χ0v) is 21.7. The summed E-state index contributed by atoms with van der Waals surface area (Å²) < 4.78 is 27.6. The van der Waals surface area contributed by atoms with Gasteiger partial charge < -0.3 is 14.5 Å². The summed E-state index contributed by atoms with van der Waals surface area (Å²) in [5.74, 6) is 0. The van der Waals surface area contributed by atoms with Crippen LogP contribution in [0, 0.1) is 0 Å². The van der Waals surface area contributed by atoms with Crippen LogP contribution in [0.25, 0.3) is 0 Å². The molecule has 1 amide bonds. The monoisotopic (exact) mass is 471 g/mol. The molecular weight excluding hydrogens is 433 g/mol. The Labute approximate surface area is 199 Å². The topological polar surface area (TPSA) is 47.6 Å². The van der Waals surface area contributed by atoms with Crippen LogP contribution >= 0.6 is 0 Å². The molecule has 0 spiro atoms. The molecule has 0 bridgehead atoms. The van der Waals surface area contributed by atoms with Crippen molar-refractivity contribution in [1.29, 1.82) is 0 Å². The molecule has 0 aromatic heterocycles. The Balaban J connectivity index is 1.85. The van der Waals surface area contributed by atoms with Crippen molar-refractivity contribution in [3.05, 3.63) is 60.7 Å². The molecule has 3 rings (SSSR count). The van der Waals surface area contributed by atoms with Gasteiger partial charge in [0.25, 0.3) is 8.32 Å². The first-order chi connectivity index (χ1) is 15.4. The summed E-state index contributed by atoms with van der Waals surface area (Å²) in [5, 5.41) is 4.94. The predicted molar refractivity (Wildman–Crippen MR) is 134 cm³/mol. The van der Waals surface area contributed by atoms with Gasteiger partial charge in [-0.05, 0) is 49.0 Å². The summed E-state index contributed by atoms with van der Waals surface area (Å²) in [7, 11) is -2.73. The molecule has 0 saturated heterocycles. The lowest BCUT2D eigenvalue weighted by Gasteiger charge is -2.46. The van der Waals surface area contributed by atoms with Crippen LogP contribution in [0.2, 0.25) is 5.04 Å². The molecule has 0 heterocycles. The van der Waals surface area contributed by atoms with E-state index in [1.54, 1.807) is 20.8 Å². The van der Waals surface area contributed by atoms with Crippen molar-refractivity contribution >= 4 is 24.8 Å². The molecule has 6 heteroatoms. The summed E-state index contributed by atoms with van der Waals surface area (Å²) in [5.41, 5.74) is -0.612. The van der Waals surface area contributed by atoms with Gasteiger partial charge in [0.15, 0.2) is 0 Å². The Bertz CT molecular complexity index is 869. The number of nitrogens with one attached hydrogen (secondary N) is 1. The van der Waals surface area contributed by atoms with Gasteiger partial charge in [-0.15, -0.1) is 0 Å². The Morgan fingerprint density at radius 3 is 1.85 bits per heavy atom. The average Bonchev–Trinajstić information content (AvgIpc) is 2.73. The summed E-state index contributed by atoms with van der Waals surface area (Å²) >= 11 is 0. The van der Waals surface area contributed by atoms with Crippen molar-refractivity contribution in [2.24, 2.45) is 0 Å². The standard InChI is InChI=1S/C27H38FNO3Si/c1-26(2,3)31-25(30)29-24-18-17-20(19-23(24)28)32-33(27(4,5)6,21-13-9-7-10-14-21)22-15-11-8-12-16-22/h7-16,20,23-24H,17-19H2,1-6H3,(H,29,30)/t20-,23-,24+/m1/s1. The average molecular weight is 472 g/mol. The number of hydrogen-bond donors (Lipinski definition) is 1. The lowest BCUT2D eigenvalue weighted by molar-refractivity contribution is 0.0353. The third-order valence-electron chi connectivity index (χ3n) is 6.19. The van der Waals surface area contributed by atoms with Gasteiger partial charge in [0, 0.05) is 12.5 Å². The highest BCUT2D eigenvalue weighted by Gasteiger charge is 2.52. The van der Waals surface area contributed by atoms with Gasteiger partial charge in [-0.1, -0.05) is 81.4 Å². The number of alkyl carbamates (subject to hydrolysis) is 1. The fraction of sp³-hybridized carbons (Fsp3) is 0.519. The quantitative estimate of drug-likeness (QED) is 0.598. The molecule has 2 aromatic carbocycles. The molecule has 180 valence electrons. The van der Waals surface area contributed by atoms with Gasteiger partial charge in [0.2, 0.25) is 0 Å². The molecule has 4 nitrogen and oxygen atoms in total. The van der Waals surface area contributed by atoms with Gasteiger partial charge in [0.05, 0.1) is 6.04 Å². The normalized spacial score (nSPS) is 22.0. The largest absolute Gasteiger partial charge is 0.444 e. The van der Waals surface area contributed by atoms with E-state index in [1.807, 2.05) is 12.1 Å². The van der Waals surface area contributed by atoms with E-state index < -0.39 is 32.2 Å². The fourth-order valence-corrected chi connectivity index (χ4v) is 9.48. The van der Waals surface area contributed by atoms with E-state index >= 15 is 4.39 Å². The zero-order valence-electron chi connectivity index (χ0n) is 20.7. The molecule has 1 N–H and O–H groups in total. The van der Waals surface area contributed by atoms with E-state index in [4.69, 9.17) is 9.16 Å². The minimum absolute atomic E-state index is 0.160. The fourth-order valence-electron chi connectivity index (χ4n) is 4.75. The van der Waals surface area contributed by atoms with Crippen LogP contribution in [0.4, 0.5) is 9.18 Å². The van der Waals surface area contributed by atoms with Crippen LogP contribution in [-0.4, -0.2) is 38.3 Å². The van der Waals surface area contributed by atoms with Crippen LogP contribution in [-0.2, 0) is 9.16 Å². The Morgan fingerprint density at radius 2 is 1.42 bits per heavy atom. The van der Waals surface area contributed by atoms with Crippen LogP contribution in [0.5, 0.6) is 0 Å². The summed E-state index contributed by atoms with van der Waals surface area (Å²) in [6.07, 6.45) is -0.515. The van der Waals surface area contributed by atoms with Gasteiger partial charge in [0.1, 0.15) is 11.8 Å². The lowest BCUT2D eigenvalue weighted by atomic mass is 9.91. The first-order valence-electron chi connectivity index (χ1n) is 11.8. The number of halogens is 1. The smallest absolute Gasteiger partial charge is 0.407 e. The van der Waals surface area contributed by atoms with E-state index in [0.29, 0.717) is 12.8 Å². The molecule has 1 aliphatic rings. The molecular formula is C27H38FNO3Si. The maximum absolute atomic E-state index is 15.2. The minimum Gasteiger partial charge on any atom is -0.444 e. The second kappa shape index (κ2) is 9.98. The second-order valence-corrected chi connectivity index (χ2v) is 15.2. The maximum atomic E-state index is 15.2.